The normalized spacial score (nSPS) is 9.71. The molecule has 1 N–H and O–H groups in total. The minimum Gasteiger partial charge on any atom is -0.410 e. The lowest BCUT2D eigenvalue weighted by Gasteiger charge is -2.07. The van der Waals surface area contributed by atoms with Gasteiger partial charge in [0.1, 0.15) is 5.75 Å². The Hall–Kier alpha value is -2.36. The molecule has 1 aromatic carbocycles. The molecule has 0 atom stereocenters. The molecule has 0 saturated carbocycles. The highest BCUT2D eigenvalue weighted by Gasteiger charge is 2.06. The summed E-state index contributed by atoms with van der Waals surface area (Å²) in [5.74, 6) is 0.506. The maximum absolute atomic E-state index is 11.6. The quantitative estimate of drug-likeness (QED) is 0.859. The first-order valence-electron chi connectivity index (χ1n) is 5.20. The van der Waals surface area contributed by atoms with Crippen LogP contribution in [0.4, 0.5) is 10.5 Å². The first kappa shape index (κ1) is 11.1. The minimum absolute atomic E-state index is 0.506. The van der Waals surface area contributed by atoms with E-state index in [9.17, 15) is 4.79 Å². The Bertz CT molecular complexity index is 512. The number of nitrogens with one attached hydrogen (secondary N) is 1. The van der Waals surface area contributed by atoms with E-state index in [1.165, 1.54) is 0 Å². The number of para-hydroxylation sites is 1. The number of aryl methyl sites for hydroxylation is 1. The van der Waals surface area contributed by atoms with Crippen LogP contribution >= 0.6 is 0 Å². The lowest BCUT2D eigenvalue weighted by atomic mass is 10.2. The number of benzene rings is 1. The highest BCUT2D eigenvalue weighted by Crippen LogP contribution is 2.13. The van der Waals surface area contributed by atoms with Crippen LogP contribution in [0.15, 0.2) is 48.8 Å². The molecule has 0 radical (unpaired) electrons. The Morgan fingerprint density at radius 2 is 2.00 bits per heavy atom. The van der Waals surface area contributed by atoms with Gasteiger partial charge in [0, 0.05) is 6.20 Å². The van der Waals surface area contributed by atoms with E-state index in [2.05, 4.69) is 10.3 Å². The van der Waals surface area contributed by atoms with Crippen molar-refractivity contribution in [3.63, 3.8) is 0 Å². The van der Waals surface area contributed by atoms with Gasteiger partial charge in [-0.1, -0.05) is 18.2 Å². The van der Waals surface area contributed by atoms with Gasteiger partial charge in [-0.05, 0) is 30.7 Å². The fourth-order valence-corrected chi connectivity index (χ4v) is 1.33. The lowest BCUT2D eigenvalue weighted by Crippen LogP contribution is -2.17. The molecule has 1 aromatic heterocycles. The standard InChI is InChI=1S/C13H12N2O2/c1-10-7-8-14-9-12(10)15-13(16)17-11-5-3-2-4-6-11/h2-9H,1H3,(H,15,16). The van der Waals surface area contributed by atoms with Crippen LogP contribution in [0.1, 0.15) is 5.56 Å². The number of rotatable bonds is 2. The molecule has 0 unspecified atom stereocenters. The zero-order chi connectivity index (χ0) is 12.1. The molecule has 2 rings (SSSR count). The molecule has 0 aliphatic heterocycles. The summed E-state index contributed by atoms with van der Waals surface area (Å²) in [4.78, 5) is 15.5. The Kier molecular flexibility index (Phi) is 3.35. The highest BCUT2D eigenvalue weighted by molar-refractivity contribution is 5.86. The topological polar surface area (TPSA) is 51.2 Å². The van der Waals surface area contributed by atoms with Crippen LogP contribution in [0, 0.1) is 6.92 Å². The third-order valence-corrected chi connectivity index (χ3v) is 2.23. The van der Waals surface area contributed by atoms with E-state index >= 15 is 0 Å². The van der Waals surface area contributed by atoms with E-state index in [4.69, 9.17) is 4.74 Å². The lowest BCUT2D eigenvalue weighted by molar-refractivity contribution is 0.215. The number of ether oxygens (including phenoxy) is 1. The summed E-state index contributed by atoms with van der Waals surface area (Å²) in [5, 5.41) is 2.64. The van der Waals surface area contributed by atoms with Crippen LogP contribution in [0.5, 0.6) is 5.75 Å². The minimum atomic E-state index is -0.521. The summed E-state index contributed by atoms with van der Waals surface area (Å²) in [6.07, 6.45) is 2.73. The highest BCUT2D eigenvalue weighted by atomic mass is 16.6. The zero-order valence-corrected chi connectivity index (χ0v) is 9.38. The van der Waals surface area contributed by atoms with Gasteiger partial charge in [-0.15, -0.1) is 0 Å². The van der Waals surface area contributed by atoms with Gasteiger partial charge in [0.2, 0.25) is 0 Å². The third kappa shape index (κ3) is 3.04. The van der Waals surface area contributed by atoms with Gasteiger partial charge in [-0.3, -0.25) is 10.3 Å². The van der Waals surface area contributed by atoms with Crippen LogP contribution in [-0.2, 0) is 0 Å². The summed E-state index contributed by atoms with van der Waals surface area (Å²) >= 11 is 0. The Labute approximate surface area is 99.3 Å². The SMILES string of the molecule is Cc1ccncc1NC(=O)Oc1ccccc1. The van der Waals surface area contributed by atoms with Crippen molar-refractivity contribution >= 4 is 11.8 Å². The first-order chi connectivity index (χ1) is 8.25. The molecular weight excluding hydrogens is 216 g/mol. The van der Waals surface area contributed by atoms with Crippen LogP contribution < -0.4 is 10.1 Å². The van der Waals surface area contributed by atoms with Crippen molar-refractivity contribution in [2.45, 2.75) is 6.92 Å². The number of pyridine rings is 1. The Morgan fingerprint density at radius 1 is 1.24 bits per heavy atom. The Balaban J connectivity index is 2.01. The zero-order valence-electron chi connectivity index (χ0n) is 9.38. The molecule has 86 valence electrons. The van der Waals surface area contributed by atoms with E-state index < -0.39 is 6.09 Å². The van der Waals surface area contributed by atoms with Crippen molar-refractivity contribution in [1.82, 2.24) is 4.98 Å². The first-order valence-corrected chi connectivity index (χ1v) is 5.20. The monoisotopic (exact) mass is 228 g/mol. The predicted octanol–water partition coefficient (Wildman–Crippen LogP) is 3.00. The van der Waals surface area contributed by atoms with Gasteiger partial charge in [-0.2, -0.15) is 0 Å². The molecule has 0 bridgehead atoms. The van der Waals surface area contributed by atoms with Gasteiger partial charge < -0.3 is 4.74 Å². The summed E-state index contributed by atoms with van der Waals surface area (Å²) in [5.41, 5.74) is 1.58. The number of amides is 1. The average Bonchev–Trinajstić information content (AvgIpc) is 2.33. The fourth-order valence-electron chi connectivity index (χ4n) is 1.33. The second-order valence-electron chi connectivity index (χ2n) is 3.52. The number of carbonyl (C=O) groups is 1. The van der Waals surface area contributed by atoms with Crippen LogP contribution in [0.2, 0.25) is 0 Å². The van der Waals surface area contributed by atoms with E-state index in [0.717, 1.165) is 5.56 Å². The number of hydrogen-bond acceptors (Lipinski definition) is 3. The van der Waals surface area contributed by atoms with E-state index in [1.807, 2.05) is 19.1 Å². The van der Waals surface area contributed by atoms with Gasteiger partial charge in [0.05, 0.1) is 11.9 Å². The molecule has 0 aliphatic rings. The molecule has 0 spiro atoms. The molecule has 1 amide bonds. The molecule has 0 aliphatic carbocycles. The largest absolute Gasteiger partial charge is 0.417 e. The van der Waals surface area contributed by atoms with Crippen molar-refractivity contribution in [3.05, 3.63) is 54.4 Å². The number of anilines is 1. The summed E-state index contributed by atoms with van der Waals surface area (Å²) in [7, 11) is 0. The van der Waals surface area contributed by atoms with Crippen molar-refractivity contribution < 1.29 is 9.53 Å². The third-order valence-electron chi connectivity index (χ3n) is 2.23. The number of carbonyl (C=O) groups excluding carboxylic acids is 1. The average molecular weight is 228 g/mol. The molecular formula is C13H12N2O2. The molecule has 2 aromatic rings. The molecule has 0 saturated heterocycles. The van der Waals surface area contributed by atoms with Gasteiger partial charge in [0.15, 0.2) is 0 Å². The number of hydrogen-bond donors (Lipinski definition) is 1. The van der Waals surface area contributed by atoms with Gasteiger partial charge in [-0.25, -0.2) is 4.79 Å². The van der Waals surface area contributed by atoms with Crippen molar-refractivity contribution in [2.24, 2.45) is 0 Å². The maximum Gasteiger partial charge on any atom is 0.417 e. The summed E-state index contributed by atoms with van der Waals surface area (Å²) in [6, 6.07) is 10.7. The summed E-state index contributed by atoms with van der Waals surface area (Å²) < 4.78 is 5.10. The second-order valence-corrected chi connectivity index (χ2v) is 3.52. The summed E-state index contributed by atoms with van der Waals surface area (Å²) in [6.45, 7) is 1.89. The van der Waals surface area contributed by atoms with Gasteiger partial charge in [0.25, 0.3) is 0 Å². The fraction of sp³-hybridized carbons (Fsp3) is 0.0769. The van der Waals surface area contributed by atoms with Crippen molar-refractivity contribution in [1.29, 1.82) is 0 Å². The molecule has 0 fully saturated rings. The second kappa shape index (κ2) is 5.12. The molecule has 1 heterocycles. The number of aromatic nitrogens is 1. The van der Waals surface area contributed by atoms with E-state index in [0.29, 0.717) is 11.4 Å². The van der Waals surface area contributed by atoms with Gasteiger partial charge >= 0.3 is 6.09 Å². The molecule has 4 heteroatoms. The van der Waals surface area contributed by atoms with Crippen LogP contribution in [0.25, 0.3) is 0 Å². The van der Waals surface area contributed by atoms with Crippen molar-refractivity contribution in [2.75, 3.05) is 5.32 Å². The van der Waals surface area contributed by atoms with Crippen LogP contribution in [-0.4, -0.2) is 11.1 Å². The number of nitrogens with zero attached hydrogens (tertiary/aromatic N) is 1. The molecule has 4 nitrogen and oxygen atoms in total. The van der Waals surface area contributed by atoms with E-state index in [1.54, 1.807) is 36.7 Å². The van der Waals surface area contributed by atoms with Crippen molar-refractivity contribution in [3.8, 4) is 5.75 Å². The maximum atomic E-state index is 11.6. The van der Waals surface area contributed by atoms with E-state index in [-0.39, 0.29) is 0 Å². The smallest absolute Gasteiger partial charge is 0.410 e. The van der Waals surface area contributed by atoms with Crippen LogP contribution in [0.3, 0.4) is 0 Å². The molecule has 17 heavy (non-hydrogen) atoms. The Morgan fingerprint density at radius 3 is 2.71 bits per heavy atom. The predicted molar refractivity (Wildman–Crippen MR) is 65.1 cm³/mol.